The van der Waals surface area contributed by atoms with Crippen molar-refractivity contribution in [2.24, 2.45) is 5.92 Å². The molecule has 1 aromatic rings. The summed E-state index contributed by atoms with van der Waals surface area (Å²) < 4.78 is 6.17. The number of hydrogen-bond acceptors (Lipinski definition) is 4. The average molecular weight is 297 g/mol. The van der Waals surface area contributed by atoms with E-state index in [1.165, 1.54) is 11.1 Å². The number of nitrogens with zero attached hydrogens (tertiary/aromatic N) is 1. The van der Waals surface area contributed by atoms with Gasteiger partial charge in [0, 0.05) is 23.1 Å². The summed E-state index contributed by atoms with van der Waals surface area (Å²) >= 11 is 0. The topological polar surface area (TPSA) is 49.8 Å². The molecule has 4 aliphatic rings. The Kier molecular flexibility index (Phi) is 2.34. The van der Waals surface area contributed by atoms with Gasteiger partial charge in [-0.05, 0) is 38.1 Å². The van der Waals surface area contributed by atoms with Crippen molar-refractivity contribution in [1.82, 2.24) is 4.90 Å². The third kappa shape index (κ3) is 1.25. The van der Waals surface area contributed by atoms with Gasteiger partial charge in [0.15, 0.2) is 11.9 Å². The van der Waals surface area contributed by atoms with E-state index < -0.39 is 6.10 Å². The quantitative estimate of drug-likeness (QED) is 0.846. The van der Waals surface area contributed by atoms with E-state index in [4.69, 9.17) is 4.74 Å². The van der Waals surface area contributed by atoms with Crippen molar-refractivity contribution in [2.45, 2.75) is 37.0 Å². The van der Waals surface area contributed by atoms with Crippen molar-refractivity contribution in [3.63, 3.8) is 0 Å². The number of carbonyl (C=O) groups excluding carboxylic acids is 1. The number of ketones is 1. The van der Waals surface area contributed by atoms with E-state index in [1.807, 2.05) is 6.07 Å². The Hall–Kier alpha value is -1.65. The van der Waals surface area contributed by atoms with Gasteiger partial charge in [-0.25, -0.2) is 0 Å². The van der Waals surface area contributed by atoms with Gasteiger partial charge < -0.3 is 14.7 Å². The largest absolute Gasteiger partial charge is 0.481 e. The minimum atomic E-state index is -0.402. The van der Waals surface area contributed by atoms with Crippen LogP contribution in [0.5, 0.6) is 5.75 Å². The summed E-state index contributed by atoms with van der Waals surface area (Å²) in [6.07, 6.45) is 5.37. The fraction of sp³-hybridized carbons (Fsp3) is 0.500. The molecular formula is C18H19NO3. The molecule has 4 heteroatoms. The monoisotopic (exact) mass is 297 g/mol. The van der Waals surface area contributed by atoms with Gasteiger partial charge in [-0.1, -0.05) is 18.2 Å². The number of piperidine rings is 1. The van der Waals surface area contributed by atoms with Gasteiger partial charge in [0.05, 0.1) is 12.0 Å². The van der Waals surface area contributed by atoms with Crippen LogP contribution in [0.15, 0.2) is 24.3 Å². The molecule has 5 rings (SSSR count). The number of likely N-dealkylation sites (tertiary alicyclic amines) is 1. The van der Waals surface area contributed by atoms with Crippen molar-refractivity contribution >= 4 is 5.78 Å². The van der Waals surface area contributed by atoms with E-state index in [-0.39, 0.29) is 17.8 Å². The number of ether oxygens (including phenoxy) is 1. The molecule has 0 aromatic heterocycles. The Balaban J connectivity index is 1.84. The number of hydrogen-bond donors (Lipinski definition) is 1. The van der Waals surface area contributed by atoms with Crippen LogP contribution in [0.1, 0.15) is 23.1 Å². The van der Waals surface area contributed by atoms with Crippen LogP contribution >= 0.6 is 0 Å². The fourth-order valence-electron chi connectivity index (χ4n) is 5.27. The van der Waals surface area contributed by atoms with Crippen LogP contribution < -0.4 is 4.74 Å². The van der Waals surface area contributed by atoms with E-state index in [0.717, 1.165) is 30.7 Å². The number of benzene rings is 1. The summed E-state index contributed by atoms with van der Waals surface area (Å²) in [7, 11) is 2.18. The van der Waals surface area contributed by atoms with Crippen molar-refractivity contribution in [2.75, 3.05) is 13.6 Å². The van der Waals surface area contributed by atoms with Crippen LogP contribution in [0.25, 0.3) is 0 Å². The van der Waals surface area contributed by atoms with Crippen molar-refractivity contribution < 1.29 is 14.6 Å². The van der Waals surface area contributed by atoms with E-state index >= 15 is 0 Å². The predicted molar refractivity (Wildman–Crippen MR) is 80.8 cm³/mol. The first-order chi connectivity index (χ1) is 10.7. The number of rotatable bonds is 1. The van der Waals surface area contributed by atoms with E-state index in [9.17, 15) is 9.90 Å². The summed E-state index contributed by atoms with van der Waals surface area (Å²) in [5.74, 6) is 1.19. The molecule has 2 aliphatic carbocycles. The SMILES string of the molecule is CN1CC[C@]23c4c5ccc(CO)c4OC2C(=O)C=C[C@H]3C1C5. The first-order valence-electron chi connectivity index (χ1n) is 8.02. The number of aliphatic hydroxyl groups excluding tert-OH is 1. The lowest BCUT2D eigenvalue weighted by atomic mass is 9.53. The zero-order valence-electron chi connectivity index (χ0n) is 12.6. The molecule has 22 heavy (non-hydrogen) atoms. The Morgan fingerprint density at radius 3 is 3.14 bits per heavy atom. The molecule has 0 saturated carbocycles. The van der Waals surface area contributed by atoms with Crippen LogP contribution in [0, 0.1) is 5.92 Å². The second-order valence-corrected chi connectivity index (χ2v) is 7.07. The van der Waals surface area contributed by atoms with Crippen molar-refractivity contribution in [3.8, 4) is 5.75 Å². The van der Waals surface area contributed by atoms with Crippen LogP contribution in [0.3, 0.4) is 0 Å². The maximum Gasteiger partial charge on any atom is 0.196 e. The average Bonchev–Trinajstić information content (AvgIpc) is 2.88. The molecule has 1 aromatic carbocycles. The molecule has 1 N–H and O–H groups in total. The maximum atomic E-state index is 12.5. The van der Waals surface area contributed by atoms with Gasteiger partial charge in [-0.15, -0.1) is 0 Å². The predicted octanol–water partition coefficient (Wildman–Crippen LogP) is 1.19. The lowest BCUT2D eigenvalue weighted by Gasteiger charge is -2.55. The third-order valence-electron chi connectivity index (χ3n) is 6.27. The first-order valence-corrected chi connectivity index (χ1v) is 8.02. The lowest BCUT2D eigenvalue weighted by Crippen LogP contribution is -2.64. The second-order valence-electron chi connectivity index (χ2n) is 7.07. The molecule has 1 fully saturated rings. The minimum Gasteiger partial charge on any atom is -0.481 e. The van der Waals surface area contributed by atoms with Crippen LogP contribution in [-0.4, -0.2) is 41.5 Å². The smallest absolute Gasteiger partial charge is 0.196 e. The van der Waals surface area contributed by atoms with Gasteiger partial charge in [0.25, 0.3) is 0 Å². The minimum absolute atomic E-state index is 0.0406. The van der Waals surface area contributed by atoms with Crippen molar-refractivity contribution in [3.05, 3.63) is 41.0 Å². The summed E-state index contributed by atoms with van der Waals surface area (Å²) in [5.41, 5.74) is 3.12. The van der Waals surface area contributed by atoms with Gasteiger partial charge >= 0.3 is 0 Å². The van der Waals surface area contributed by atoms with Gasteiger partial charge in [0.1, 0.15) is 5.75 Å². The van der Waals surface area contributed by atoms with Crippen molar-refractivity contribution in [1.29, 1.82) is 0 Å². The Labute approximate surface area is 129 Å². The standard InChI is InChI=1S/C18H19NO3/c1-19-7-6-18-12-4-5-14(21)17(18)22-16-11(9-20)3-2-10(15(16)18)8-13(12)19/h2-5,12-13,17,20H,6-9H2,1H3/t12-,13?,17?,18-/m0/s1. The molecule has 1 saturated heterocycles. The summed E-state index contributed by atoms with van der Waals surface area (Å²) in [6.45, 7) is 0.950. The molecule has 114 valence electrons. The normalized spacial score (nSPS) is 37.9. The fourth-order valence-corrected chi connectivity index (χ4v) is 5.27. The zero-order chi connectivity index (χ0) is 15.1. The van der Waals surface area contributed by atoms with E-state index in [0.29, 0.717) is 12.0 Å². The summed E-state index contributed by atoms with van der Waals surface area (Å²) in [4.78, 5) is 14.9. The van der Waals surface area contributed by atoms with Gasteiger partial charge in [-0.2, -0.15) is 0 Å². The highest BCUT2D eigenvalue weighted by atomic mass is 16.5. The molecule has 2 heterocycles. The Morgan fingerprint density at radius 2 is 2.32 bits per heavy atom. The van der Waals surface area contributed by atoms with E-state index in [2.05, 4.69) is 24.1 Å². The highest BCUT2D eigenvalue weighted by Crippen LogP contribution is 2.60. The van der Waals surface area contributed by atoms with Crippen LogP contribution in [0.4, 0.5) is 0 Å². The first kappa shape index (κ1) is 12.9. The number of carbonyl (C=O) groups is 1. The second kappa shape index (κ2) is 4.00. The molecule has 0 amide bonds. The van der Waals surface area contributed by atoms with Gasteiger partial charge in [0.2, 0.25) is 0 Å². The van der Waals surface area contributed by atoms with Crippen LogP contribution in [0.2, 0.25) is 0 Å². The third-order valence-corrected chi connectivity index (χ3v) is 6.27. The molecule has 1 spiro atoms. The molecule has 2 bridgehead atoms. The Morgan fingerprint density at radius 1 is 1.45 bits per heavy atom. The summed E-state index contributed by atoms with van der Waals surface area (Å²) in [6, 6.07) is 4.52. The highest BCUT2D eigenvalue weighted by molar-refractivity contribution is 5.98. The van der Waals surface area contributed by atoms with Crippen LogP contribution in [-0.2, 0) is 23.2 Å². The number of aliphatic hydroxyl groups is 1. The van der Waals surface area contributed by atoms with Gasteiger partial charge in [-0.3, -0.25) is 4.79 Å². The summed E-state index contributed by atoms with van der Waals surface area (Å²) in [5, 5.41) is 9.65. The molecular weight excluding hydrogens is 278 g/mol. The Bertz CT molecular complexity index is 725. The lowest BCUT2D eigenvalue weighted by molar-refractivity contribution is -0.127. The maximum absolute atomic E-state index is 12.5. The molecule has 2 aliphatic heterocycles. The highest BCUT2D eigenvalue weighted by Gasteiger charge is 2.64. The zero-order valence-corrected chi connectivity index (χ0v) is 12.6. The molecule has 4 nitrogen and oxygen atoms in total. The molecule has 4 atom stereocenters. The van der Waals surface area contributed by atoms with E-state index in [1.54, 1.807) is 6.08 Å². The number of likely N-dealkylation sites (N-methyl/N-ethyl adjacent to an activating group) is 1. The molecule has 2 unspecified atom stereocenters. The molecule has 0 radical (unpaired) electrons.